The van der Waals surface area contributed by atoms with E-state index >= 15 is 0 Å². The van der Waals surface area contributed by atoms with Gasteiger partial charge in [0, 0.05) is 0 Å². The largest absolute Gasteiger partial charge is 0.344 e. The third-order valence-electron chi connectivity index (χ3n) is 6.76. The fraction of sp³-hybridized carbons (Fsp3) is 1.00. The van der Waals surface area contributed by atoms with Gasteiger partial charge in [-0.1, -0.05) is 20.8 Å². The Bertz CT molecular complexity index is 365. The lowest BCUT2D eigenvalue weighted by atomic mass is 9.56. The minimum absolute atomic E-state index is 0.0865. The number of rotatable bonds is 0. The lowest BCUT2D eigenvalue weighted by molar-refractivity contribution is -0.169. The molecule has 2 nitrogen and oxygen atoms in total. The summed E-state index contributed by atoms with van der Waals surface area (Å²) < 4.78 is 12.6. The van der Waals surface area contributed by atoms with Crippen LogP contribution in [0.1, 0.15) is 67.2 Å². The van der Waals surface area contributed by atoms with E-state index in [-0.39, 0.29) is 11.7 Å². The number of hydrogen-bond acceptors (Lipinski definition) is 2. The number of ether oxygens (including phenoxy) is 2. The van der Waals surface area contributed by atoms with Crippen molar-refractivity contribution >= 4 is 0 Å². The molecule has 2 saturated carbocycles. The molecule has 0 aromatic rings. The molecule has 2 aliphatic carbocycles. The highest BCUT2D eigenvalue weighted by molar-refractivity contribution is 5.09. The van der Waals surface area contributed by atoms with E-state index in [0.717, 1.165) is 11.8 Å². The van der Waals surface area contributed by atoms with Crippen LogP contribution in [0.2, 0.25) is 0 Å². The van der Waals surface area contributed by atoms with Crippen LogP contribution in [-0.4, -0.2) is 17.5 Å². The summed E-state index contributed by atoms with van der Waals surface area (Å²) in [6, 6.07) is 0. The predicted octanol–water partition coefficient (Wildman–Crippen LogP) is 4.38. The van der Waals surface area contributed by atoms with E-state index in [9.17, 15) is 0 Å². The molecular formula is C17H30O2. The predicted molar refractivity (Wildman–Crippen MR) is 76.8 cm³/mol. The monoisotopic (exact) mass is 266 g/mol. The van der Waals surface area contributed by atoms with Gasteiger partial charge in [-0.05, 0) is 69.6 Å². The molecule has 19 heavy (non-hydrogen) atoms. The SMILES string of the molecule is C[C@@H]1CC[C@@H](C)C12C[C@@H]1OC(C)(C)O[C@]1(C)[C@@H](C)C2. The molecule has 1 saturated heterocycles. The van der Waals surface area contributed by atoms with Crippen molar-refractivity contribution in [3.8, 4) is 0 Å². The summed E-state index contributed by atoms with van der Waals surface area (Å²) in [5.41, 5.74) is 0.407. The van der Waals surface area contributed by atoms with E-state index in [1.165, 1.54) is 25.7 Å². The Morgan fingerprint density at radius 2 is 1.42 bits per heavy atom. The smallest absolute Gasteiger partial charge is 0.164 e. The van der Waals surface area contributed by atoms with Crippen molar-refractivity contribution in [1.29, 1.82) is 0 Å². The first-order chi connectivity index (χ1) is 8.70. The summed E-state index contributed by atoms with van der Waals surface area (Å²) in [4.78, 5) is 0. The minimum atomic E-state index is -0.412. The summed E-state index contributed by atoms with van der Waals surface area (Å²) >= 11 is 0. The maximum absolute atomic E-state index is 6.30. The van der Waals surface area contributed by atoms with E-state index in [0.29, 0.717) is 11.3 Å². The van der Waals surface area contributed by atoms with Crippen LogP contribution in [-0.2, 0) is 9.47 Å². The Kier molecular flexibility index (Phi) is 2.91. The third-order valence-corrected chi connectivity index (χ3v) is 6.76. The van der Waals surface area contributed by atoms with E-state index in [1.807, 2.05) is 0 Å². The summed E-state index contributed by atoms with van der Waals surface area (Å²) in [7, 11) is 0. The fourth-order valence-electron chi connectivity index (χ4n) is 5.31. The van der Waals surface area contributed by atoms with E-state index in [1.54, 1.807) is 0 Å². The molecule has 0 N–H and O–H groups in total. The fourth-order valence-corrected chi connectivity index (χ4v) is 5.31. The van der Waals surface area contributed by atoms with Gasteiger partial charge >= 0.3 is 0 Å². The molecule has 110 valence electrons. The van der Waals surface area contributed by atoms with Crippen molar-refractivity contribution in [1.82, 2.24) is 0 Å². The van der Waals surface area contributed by atoms with Crippen LogP contribution in [0.3, 0.4) is 0 Å². The van der Waals surface area contributed by atoms with Gasteiger partial charge in [0.2, 0.25) is 0 Å². The van der Waals surface area contributed by atoms with Crippen molar-refractivity contribution in [3.05, 3.63) is 0 Å². The van der Waals surface area contributed by atoms with E-state index in [2.05, 4.69) is 41.5 Å². The van der Waals surface area contributed by atoms with Crippen molar-refractivity contribution in [2.24, 2.45) is 23.2 Å². The topological polar surface area (TPSA) is 18.5 Å². The maximum atomic E-state index is 6.30. The van der Waals surface area contributed by atoms with Gasteiger partial charge in [0.25, 0.3) is 0 Å². The summed E-state index contributed by atoms with van der Waals surface area (Å²) in [5, 5.41) is 0. The Balaban J connectivity index is 1.93. The van der Waals surface area contributed by atoms with Gasteiger partial charge < -0.3 is 9.47 Å². The Labute approximate surface area is 118 Å². The molecule has 1 spiro atoms. The van der Waals surface area contributed by atoms with Crippen molar-refractivity contribution in [2.45, 2.75) is 84.7 Å². The van der Waals surface area contributed by atoms with E-state index < -0.39 is 5.79 Å². The van der Waals surface area contributed by atoms with Crippen LogP contribution in [0, 0.1) is 23.2 Å². The molecule has 3 rings (SSSR count). The molecule has 0 aromatic carbocycles. The average Bonchev–Trinajstić information content (AvgIpc) is 2.68. The van der Waals surface area contributed by atoms with Crippen LogP contribution >= 0.6 is 0 Å². The highest BCUT2D eigenvalue weighted by atomic mass is 16.8. The molecule has 3 aliphatic rings. The second kappa shape index (κ2) is 3.98. The van der Waals surface area contributed by atoms with Gasteiger partial charge in [-0.3, -0.25) is 0 Å². The zero-order valence-electron chi connectivity index (χ0n) is 13.5. The van der Waals surface area contributed by atoms with Crippen LogP contribution < -0.4 is 0 Å². The highest BCUT2D eigenvalue weighted by Gasteiger charge is 2.62. The van der Waals surface area contributed by atoms with Crippen LogP contribution in [0.15, 0.2) is 0 Å². The lowest BCUT2D eigenvalue weighted by Gasteiger charge is -2.51. The quantitative estimate of drug-likeness (QED) is 0.648. The number of fused-ring (bicyclic) bond motifs is 1. The summed E-state index contributed by atoms with van der Waals surface area (Å²) in [6.45, 7) is 13.7. The van der Waals surface area contributed by atoms with Crippen molar-refractivity contribution in [3.63, 3.8) is 0 Å². The first-order valence-electron chi connectivity index (χ1n) is 8.07. The van der Waals surface area contributed by atoms with E-state index in [4.69, 9.17) is 9.47 Å². The van der Waals surface area contributed by atoms with Gasteiger partial charge in [0.15, 0.2) is 5.79 Å². The Hall–Kier alpha value is -0.0800. The Morgan fingerprint density at radius 3 is 2.00 bits per heavy atom. The molecule has 2 heteroatoms. The van der Waals surface area contributed by atoms with Crippen LogP contribution in [0.4, 0.5) is 0 Å². The Morgan fingerprint density at radius 1 is 0.842 bits per heavy atom. The first kappa shape index (κ1) is 13.9. The molecule has 0 unspecified atom stereocenters. The molecule has 1 aliphatic heterocycles. The minimum Gasteiger partial charge on any atom is -0.344 e. The highest BCUT2D eigenvalue weighted by Crippen LogP contribution is 2.62. The van der Waals surface area contributed by atoms with Crippen LogP contribution in [0.5, 0.6) is 0 Å². The number of hydrogen-bond donors (Lipinski definition) is 0. The van der Waals surface area contributed by atoms with Gasteiger partial charge in [-0.15, -0.1) is 0 Å². The molecule has 5 atom stereocenters. The second-order valence-corrected chi connectivity index (χ2v) is 8.21. The average molecular weight is 266 g/mol. The molecule has 0 radical (unpaired) electrons. The molecular weight excluding hydrogens is 236 g/mol. The zero-order valence-corrected chi connectivity index (χ0v) is 13.5. The molecule has 0 bridgehead atoms. The van der Waals surface area contributed by atoms with Crippen molar-refractivity contribution in [2.75, 3.05) is 0 Å². The van der Waals surface area contributed by atoms with Crippen LogP contribution in [0.25, 0.3) is 0 Å². The standard InChI is InChI=1S/C17H30O2/c1-11-7-8-12(2)17(11)9-13(3)16(6)14(10-17)18-15(4,5)19-16/h11-14H,7-10H2,1-6H3/t11-,12-,13+,14+,16-/m1/s1. The molecule has 0 amide bonds. The molecule has 1 heterocycles. The van der Waals surface area contributed by atoms with Gasteiger partial charge in [0.1, 0.15) is 0 Å². The maximum Gasteiger partial charge on any atom is 0.164 e. The van der Waals surface area contributed by atoms with Gasteiger partial charge in [0.05, 0.1) is 11.7 Å². The van der Waals surface area contributed by atoms with Gasteiger partial charge in [-0.2, -0.15) is 0 Å². The zero-order chi connectivity index (χ0) is 14.1. The summed E-state index contributed by atoms with van der Waals surface area (Å²) in [5.74, 6) is 1.84. The lowest BCUT2D eigenvalue weighted by Crippen LogP contribution is -2.54. The van der Waals surface area contributed by atoms with Crippen molar-refractivity contribution < 1.29 is 9.47 Å². The molecule has 3 fully saturated rings. The summed E-state index contributed by atoms with van der Waals surface area (Å²) in [6.07, 6.45) is 5.55. The normalized spacial score (nSPS) is 51.5. The first-order valence-corrected chi connectivity index (χ1v) is 8.07. The third kappa shape index (κ3) is 1.82. The molecule has 0 aromatic heterocycles. The van der Waals surface area contributed by atoms with Gasteiger partial charge in [-0.25, -0.2) is 0 Å². The second-order valence-electron chi connectivity index (χ2n) is 8.21.